The molecule has 0 spiro atoms. The Morgan fingerprint density at radius 1 is 0.903 bits per heavy atom. The van der Waals surface area contributed by atoms with Crippen LogP contribution in [0.25, 0.3) is 11.1 Å². The molecular weight excluding hydrogens is 386 g/mol. The first-order valence-electron chi connectivity index (χ1n) is 11.9. The standard InChI is InChI=1S/C27H37NO3/c1-3-4-5-6-7-8-9-14-19-28(21(2)29)27(30)31-20-26-24-17-12-10-15-22(24)23-16-11-13-18-25(23)26/h10-13,15-18,21,26,29H,3-9,14,19-20H2,1-2H3. The van der Waals surface area contributed by atoms with Crippen LogP contribution in [-0.2, 0) is 4.74 Å². The van der Waals surface area contributed by atoms with E-state index >= 15 is 0 Å². The molecule has 0 bridgehead atoms. The molecule has 168 valence electrons. The van der Waals surface area contributed by atoms with Crippen molar-refractivity contribution < 1.29 is 14.6 Å². The highest BCUT2D eigenvalue weighted by molar-refractivity contribution is 5.79. The van der Waals surface area contributed by atoms with Crippen LogP contribution in [0.2, 0.25) is 0 Å². The van der Waals surface area contributed by atoms with Crippen LogP contribution in [0.15, 0.2) is 48.5 Å². The van der Waals surface area contributed by atoms with Crippen LogP contribution in [-0.4, -0.2) is 35.5 Å². The number of unbranched alkanes of at least 4 members (excludes halogenated alkanes) is 7. The van der Waals surface area contributed by atoms with Crippen molar-refractivity contribution in [2.24, 2.45) is 0 Å². The van der Waals surface area contributed by atoms with Crippen LogP contribution in [0, 0.1) is 0 Å². The lowest BCUT2D eigenvalue weighted by Gasteiger charge is -2.26. The summed E-state index contributed by atoms with van der Waals surface area (Å²) in [6.45, 7) is 4.68. The summed E-state index contributed by atoms with van der Waals surface area (Å²) in [6, 6.07) is 16.6. The molecule has 4 nitrogen and oxygen atoms in total. The normalized spacial score (nSPS) is 13.5. The van der Waals surface area contributed by atoms with E-state index in [1.165, 1.54) is 65.7 Å². The molecule has 2 aromatic rings. The highest BCUT2D eigenvalue weighted by atomic mass is 16.6. The lowest BCUT2D eigenvalue weighted by Crippen LogP contribution is -2.40. The minimum absolute atomic E-state index is 0.0373. The van der Waals surface area contributed by atoms with Crippen LogP contribution in [0.1, 0.15) is 82.3 Å². The first-order chi connectivity index (χ1) is 15.1. The molecule has 0 radical (unpaired) electrons. The second-order valence-corrected chi connectivity index (χ2v) is 8.60. The lowest BCUT2D eigenvalue weighted by molar-refractivity contribution is 0.00884. The van der Waals surface area contributed by atoms with Crippen molar-refractivity contribution in [3.05, 3.63) is 59.7 Å². The van der Waals surface area contributed by atoms with E-state index < -0.39 is 12.3 Å². The molecule has 1 unspecified atom stereocenters. The topological polar surface area (TPSA) is 49.8 Å². The Morgan fingerprint density at radius 3 is 1.97 bits per heavy atom. The number of amides is 1. The number of nitrogens with zero attached hydrogens (tertiary/aromatic N) is 1. The first-order valence-corrected chi connectivity index (χ1v) is 11.9. The molecule has 1 aliphatic carbocycles. The van der Waals surface area contributed by atoms with Gasteiger partial charge in [0.05, 0.1) is 0 Å². The van der Waals surface area contributed by atoms with Crippen molar-refractivity contribution in [3.63, 3.8) is 0 Å². The third kappa shape index (κ3) is 6.10. The Morgan fingerprint density at radius 2 is 1.42 bits per heavy atom. The zero-order valence-corrected chi connectivity index (χ0v) is 19.1. The van der Waals surface area contributed by atoms with Gasteiger partial charge in [0.1, 0.15) is 12.8 Å². The number of hydrogen-bond donors (Lipinski definition) is 1. The van der Waals surface area contributed by atoms with Crippen molar-refractivity contribution in [2.75, 3.05) is 13.2 Å². The fourth-order valence-corrected chi connectivity index (χ4v) is 4.52. The summed E-state index contributed by atoms with van der Waals surface area (Å²) in [4.78, 5) is 14.2. The van der Waals surface area contributed by atoms with Crippen molar-refractivity contribution in [2.45, 2.75) is 77.4 Å². The summed E-state index contributed by atoms with van der Waals surface area (Å²) in [6.07, 6.45) is 8.31. The van der Waals surface area contributed by atoms with Crippen LogP contribution in [0.5, 0.6) is 0 Å². The molecule has 0 heterocycles. The number of fused-ring (bicyclic) bond motifs is 3. The Kier molecular flexibility index (Phi) is 8.96. The first kappa shape index (κ1) is 23.3. The van der Waals surface area contributed by atoms with Crippen molar-refractivity contribution in [1.82, 2.24) is 4.90 Å². The van der Waals surface area contributed by atoms with E-state index in [1.807, 2.05) is 24.3 Å². The molecule has 0 aromatic heterocycles. The van der Waals surface area contributed by atoms with Gasteiger partial charge in [0.15, 0.2) is 0 Å². The maximum atomic E-state index is 12.7. The predicted molar refractivity (Wildman–Crippen MR) is 126 cm³/mol. The third-order valence-corrected chi connectivity index (χ3v) is 6.27. The quantitative estimate of drug-likeness (QED) is 0.305. The summed E-state index contributed by atoms with van der Waals surface area (Å²) in [5, 5.41) is 10.1. The van der Waals surface area contributed by atoms with Crippen molar-refractivity contribution >= 4 is 6.09 Å². The molecule has 3 rings (SSSR count). The highest BCUT2D eigenvalue weighted by Gasteiger charge is 2.30. The second kappa shape index (κ2) is 11.9. The number of carbonyl (C=O) groups is 1. The highest BCUT2D eigenvalue weighted by Crippen LogP contribution is 2.44. The Bertz CT molecular complexity index is 787. The number of aliphatic hydroxyl groups is 1. The molecule has 0 saturated carbocycles. The van der Waals surface area contributed by atoms with E-state index in [2.05, 4.69) is 31.2 Å². The Labute approximate surface area is 187 Å². The van der Waals surface area contributed by atoms with Gasteiger partial charge >= 0.3 is 6.09 Å². The number of aliphatic hydroxyl groups excluding tert-OH is 1. The number of rotatable bonds is 12. The largest absolute Gasteiger partial charge is 0.448 e. The molecule has 2 aromatic carbocycles. The molecule has 4 heteroatoms. The van der Waals surface area contributed by atoms with Crippen LogP contribution >= 0.6 is 0 Å². The van der Waals surface area contributed by atoms with Gasteiger partial charge in [0.2, 0.25) is 0 Å². The van der Waals surface area contributed by atoms with E-state index in [0.29, 0.717) is 6.54 Å². The van der Waals surface area contributed by atoms with E-state index in [1.54, 1.807) is 6.92 Å². The summed E-state index contributed by atoms with van der Waals surface area (Å²) in [7, 11) is 0. The summed E-state index contributed by atoms with van der Waals surface area (Å²) < 4.78 is 5.71. The SMILES string of the molecule is CCCCCCCCCCN(C(=O)OCC1c2ccccc2-c2ccccc21)C(C)O. The van der Waals surface area contributed by atoms with Crippen molar-refractivity contribution in [1.29, 1.82) is 0 Å². The number of ether oxygens (including phenoxy) is 1. The molecule has 0 saturated heterocycles. The lowest BCUT2D eigenvalue weighted by atomic mass is 9.98. The van der Waals surface area contributed by atoms with Gasteiger partial charge in [-0.15, -0.1) is 0 Å². The van der Waals surface area contributed by atoms with Gasteiger partial charge in [-0.3, -0.25) is 4.90 Å². The molecule has 1 aliphatic rings. The molecule has 0 aliphatic heterocycles. The van der Waals surface area contributed by atoms with Crippen LogP contribution in [0.3, 0.4) is 0 Å². The van der Waals surface area contributed by atoms with Crippen LogP contribution in [0.4, 0.5) is 4.79 Å². The van der Waals surface area contributed by atoms with Crippen molar-refractivity contribution in [3.8, 4) is 11.1 Å². The average molecular weight is 424 g/mol. The Hall–Kier alpha value is -2.33. The van der Waals surface area contributed by atoms with E-state index in [9.17, 15) is 9.90 Å². The van der Waals surface area contributed by atoms with Gasteiger partial charge in [-0.05, 0) is 35.6 Å². The summed E-state index contributed by atoms with van der Waals surface area (Å²) in [5.74, 6) is 0.0373. The maximum Gasteiger partial charge on any atom is 0.411 e. The smallest absolute Gasteiger partial charge is 0.411 e. The zero-order chi connectivity index (χ0) is 22.1. The molecular formula is C27H37NO3. The van der Waals surface area contributed by atoms with Crippen LogP contribution < -0.4 is 0 Å². The number of hydrogen-bond acceptors (Lipinski definition) is 3. The average Bonchev–Trinajstić information content (AvgIpc) is 3.10. The summed E-state index contributed by atoms with van der Waals surface area (Å²) in [5.41, 5.74) is 4.82. The van der Waals surface area contributed by atoms with E-state index in [4.69, 9.17) is 4.74 Å². The molecule has 31 heavy (non-hydrogen) atoms. The minimum atomic E-state index is -0.847. The maximum absolute atomic E-state index is 12.7. The fourth-order valence-electron chi connectivity index (χ4n) is 4.52. The molecule has 1 N–H and O–H groups in total. The second-order valence-electron chi connectivity index (χ2n) is 8.60. The van der Waals surface area contributed by atoms with Gasteiger partial charge in [0.25, 0.3) is 0 Å². The molecule has 1 amide bonds. The van der Waals surface area contributed by atoms with Gasteiger partial charge in [-0.2, -0.15) is 0 Å². The predicted octanol–water partition coefficient (Wildman–Crippen LogP) is 6.72. The van der Waals surface area contributed by atoms with Gasteiger partial charge < -0.3 is 9.84 Å². The van der Waals surface area contributed by atoms with Gasteiger partial charge in [0, 0.05) is 12.5 Å². The number of benzene rings is 2. The molecule has 0 fully saturated rings. The van der Waals surface area contributed by atoms with Gasteiger partial charge in [-0.1, -0.05) is 100 Å². The summed E-state index contributed by atoms with van der Waals surface area (Å²) >= 11 is 0. The minimum Gasteiger partial charge on any atom is -0.448 e. The third-order valence-electron chi connectivity index (χ3n) is 6.27. The zero-order valence-electron chi connectivity index (χ0n) is 19.1. The van der Waals surface area contributed by atoms with E-state index in [0.717, 1.165) is 12.8 Å². The number of carbonyl (C=O) groups excluding carboxylic acids is 1. The fraction of sp³-hybridized carbons (Fsp3) is 0.519. The Balaban J connectivity index is 1.50. The monoisotopic (exact) mass is 423 g/mol. The van der Waals surface area contributed by atoms with E-state index in [-0.39, 0.29) is 12.5 Å². The van der Waals surface area contributed by atoms with Gasteiger partial charge in [-0.25, -0.2) is 4.79 Å². The molecule has 1 atom stereocenters.